The lowest BCUT2D eigenvalue weighted by atomic mass is 9.97. The van der Waals surface area contributed by atoms with E-state index in [9.17, 15) is 45.6 Å². The molecule has 2 rings (SSSR count). The Morgan fingerprint density at radius 2 is 1.08 bits per heavy atom. The van der Waals surface area contributed by atoms with Gasteiger partial charge < -0.3 is 65.1 Å². The van der Waals surface area contributed by atoms with Crippen molar-refractivity contribution >= 4 is 5.91 Å². The van der Waals surface area contributed by atoms with Gasteiger partial charge in [-0.15, -0.1) is 0 Å². The summed E-state index contributed by atoms with van der Waals surface area (Å²) in [5.41, 5.74) is 0. The number of hydrogen-bond donors (Lipinski definition) is 9. The van der Waals surface area contributed by atoms with E-state index in [1.54, 1.807) is 6.08 Å². The van der Waals surface area contributed by atoms with E-state index in [1.807, 2.05) is 12.2 Å². The normalized spacial score (nSPS) is 28.8. The van der Waals surface area contributed by atoms with Crippen LogP contribution in [0.1, 0.15) is 129 Å². The van der Waals surface area contributed by atoms with Gasteiger partial charge in [-0.1, -0.05) is 145 Å². The smallest absolute Gasteiger partial charge is 0.224 e. The quantitative estimate of drug-likeness (QED) is 0.0340. The summed E-state index contributed by atoms with van der Waals surface area (Å²) in [5, 5.41) is 86.4. The second-order valence-corrected chi connectivity index (χ2v) is 15.8. The number of ether oxygens (including phenoxy) is 4. The Hall–Kier alpha value is -2.31. The number of rotatable bonds is 32. The van der Waals surface area contributed by atoms with E-state index in [2.05, 4.69) is 61.7 Å². The summed E-state index contributed by atoms with van der Waals surface area (Å²) in [4.78, 5) is 13.0. The highest BCUT2D eigenvalue weighted by molar-refractivity contribution is 5.77. The number of aliphatic hydroxyl groups excluding tert-OH is 8. The molecule has 12 unspecified atom stereocenters. The highest BCUT2D eigenvalue weighted by Crippen LogP contribution is 2.30. The molecule has 0 saturated carbocycles. The molecule has 0 radical (unpaired) electrons. The monoisotopic (exact) mass is 854 g/mol. The van der Waals surface area contributed by atoms with Crippen molar-refractivity contribution in [1.82, 2.24) is 5.32 Å². The Balaban J connectivity index is 1.93. The summed E-state index contributed by atoms with van der Waals surface area (Å²) in [6.45, 7) is 2.62. The van der Waals surface area contributed by atoms with E-state index in [0.717, 1.165) is 51.4 Å². The maximum Gasteiger partial charge on any atom is 0.224 e. The molecule has 9 N–H and O–H groups in total. The van der Waals surface area contributed by atoms with Crippen molar-refractivity contribution in [1.29, 1.82) is 0 Å². The van der Waals surface area contributed by atoms with Crippen molar-refractivity contribution in [2.45, 2.75) is 203 Å². The lowest BCUT2D eigenvalue weighted by Crippen LogP contribution is -2.65. The highest BCUT2D eigenvalue weighted by Gasteiger charge is 2.51. The molecule has 12 atom stereocenters. The molecule has 14 nitrogen and oxygen atoms in total. The van der Waals surface area contributed by atoms with E-state index >= 15 is 0 Å². The average Bonchev–Trinajstić information content (AvgIpc) is 3.24. The minimum atomic E-state index is -1.79. The van der Waals surface area contributed by atoms with Gasteiger partial charge in [0, 0.05) is 6.42 Å². The van der Waals surface area contributed by atoms with Crippen molar-refractivity contribution in [3.05, 3.63) is 60.8 Å². The van der Waals surface area contributed by atoms with E-state index < -0.39 is 86.8 Å². The van der Waals surface area contributed by atoms with Crippen LogP contribution in [0.2, 0.25) is 0 Å². The van der Waals surface area contributed by atoms with Crippen LogP contribution in [0.15, 0.2) is 60.8 Å². The van der Waals surface area contributed by atoms with Gasteiger partial charge in [-0.05, 0) is 38.5 Å². The highest BCUT2D eigenvalue weighted by atomic mass is 16.7. The Kier molecular flexibility index (Phi) is 29.9. The van der Waals surface area contributed by atoms with E-state index in [0.29, 0.717) is 12.8 Å². The molecule has 0 bridgehead atoms. The maximum absolute atomic E-state index is 13.0. The minimum Gasteiger partial charge on any atom is -0.394 e. The number of aliphatic hydroxyl groups is 8. The molecule has 14 heteroatoms. The number of carbonyl (C=O) groups excluding carboxylic acids is 1. The third kappa shape index (κ3) is 21.2. The first-order valence-electron chi connectivity index (χ1n) is 22.5. The van der Waals surface area contributed by atoms with Crippen LogP contribution in [-0.2, 0) is 23.7 Å². The molecule has 2 fully saturated rings. The average molecular weight is 854 g/mol. The summed E-state index contributed by atoms with van der Waals surface area (Å²) < 4.78 is 22.6. The van der Waals surface area contributed by atoms with Crippen molar-refractivity contribution in [2.24, 2.45) is 0 Å². The summed E-state index contributed by atoms with van der Waals surface area (Å²) in [5.74, 6) is -0.339. The van der Waals surface area contributed by atoms with Gasteiger partial charge in [0.25, 0.3) is 0 Å². The van der Waals surface area contributed by atoms with Gasteiger partial charge in [0.2, 0.25) is 5.91 Å². The lowest BCUT2D eigenvalue weighted by molar-refractivity contribution is -0.359. The Labute approximate surface area is 358 Å². The summed E-state index contributed by atoms with van der Waals surface area (Å²) in [7, 11) is 0. The zero-order chi connectivity index (χ0) is 44.0. The fourth-order valence-electron chi connectivity index (χ4n) is 7.07. The molecule has 2 heterocycles. The molecule has 0 aromatic rings. The molecule has 0 spiro atoms. The van der Waals surface area contributed by atoms with Gasteiger partial charge in [-0.2, -0.15) is 0 Å². The Bertz CT molecular complexity index is 1240. The summed E-state index contributed by atoms with van der Waals surface area (Å²) in [6.07, 6.45) is 21.2. The molecule has 2 aliphatic rings. The number of carbonyl (C=O) groups is 1. The minimum absolute atomic E-state index is 0.0695. The maximum atomic E-state index is 13.0. The van der Waals surface area contributed by atoms with Crippen LogP contribution >= 0.6 is 0 Å². The van der Waals surface area contributed by atoms with Gasteiger partial charge in [0.15, 0.2) is 12.6 Å². The predicted octanol–water partition coefficient (Wildman–Crippen LogP) is 4.32. The molecule has 0 aliphatic carbocycles. The van der Waals surface area contributed by atoms with Crippen molar-refractivity contribution in [3.63, 3.8) is 0 Å². The molecular weight excluding hydrogens is 774 g/mol. The second kappa shape index (κ2) is 33.3. The topological polar surface area (TPSA) is 228 Å². The molecule has 1 amide bonds. The molecule has 346 valence electrons. The molecule has 0 aromatic heterocycles. The van der Waals surface area contributed by atoms with E-state index in [-0.39, 0.29) is 18.9 Å². The predicted molar refractivity (Wildman–Crippen MR) is 230 cm³/mol. The third-order valence-electron chi connectivity index (χ3n) is 10.8. The van der Waals surface area contributed by atoms with Gasteiger partial charge in [0.1, 0.15) is 48.8 Å². The van der Waals surface area contributed by atoms with Crippen molar-refractivity contribution in [2.75, 3.05) is 19.8 Å². The standard InChI is InChI=1S/C46H79NO13/c1-3-5-7-9-11-13-15-16-17-18-20-22-24-26-28-30-38(51)47-34(35(50)29-27-25-23-21-19-14-12-10-8-6-4-2)33-57-45-43(56)41(54)44(37(32-49)59-45)60-46-42(55)40(53)39(52)36(31-48)58-46/h5,7,11,13,16-17,20,22,26,28,34-37,39-46,48-50,52-56H,3-4,6,8-10,12,14-15,18-19,21,23-25,27,29-33H2,1-2H3,(H,47,51)/b7-5-,13-11-,17-16-,22-20-,28-26-. The first-order valence-corrected chi connectivity index (χ1v) is 22.5. The fraction of sp³-hybridized carbons (Fsp3) is 0.761. The molecular formula is C46H79NO13. The summed E-state index contributed by atoms with van der Waals surface area (Å²) in [6, 6.07) is -0.882. The first kappa shape index (κ1) is 53.8. The zero-order valence-corrected chi connectivity index (χ0v) is 36.2. The van der Waals surface area contributed by atoms with Crippen molar-refractivity contribution < 1.29 is 64.6 Å². The fourth-order valence-corrected chi connectivity index (χ4v) is 7.07. The summed E-state index contributed by atoms with van der Waals surface area (Å²) >= 11 is 0. The Morgan fingerprint density at radius 1 is 0.600 bits per heavy atom. The van der Waals surface area contributed by atoms with Gasteiger partial charge in [-0.3, -0.25) is 4.79 Å². The number of nitrogens with one attached hydrogen (secondary N) is 1. The van der Waals surface area contributed by atoms with Gasteiger partial charge >= 0.3 is 0 Å². The van der Waals surface area contributed by atoms with Crippen LogP contribution in [0, 0.1) is 0 Å². The van der Waals surface area contributed by atoms with Crippen LogP contribution in [0.4, 0.5) is 0 Å². The molecule has 2 saturated heterocycles. The van der Waals surface area contributed by atoms with Crippen molar-refractivity contribution in [3.8, 4) is 0 Å². The Morgan fingerprint density at radius 3 is 1.62 bits per heavy atom. The van der Waals surface area contributed by atoms with Crippen LogP contribution in [0.5, 0.6) is 0 Å². The molecule has 2 aliphatic heterocycles. The zero-order valence-electron chi connectivity index (χ0n) is 36.2. The molecule has 0 aromatic carbocycles. The number of hydrogen-bond acceptors (Lipinski definition) is 13. The van der Waals surface area contributed by atoms with Gasteiger partial charge in [0.05, 0.1) is 32.0 Å². The van der Waals surface area contributed by atoms with Gasteiger partial charge in [-0.25, -0.2) is 0 Å². The van der Waals surface area contributed by atoms with E-state index in [4.69, 9.17) is 18.9 Å². The largest absolute Gasteiger partial charge is 0.394 e. The van der Waals surface area contributed by atoms with Crippen LogP contribution in [0.25, 0.3) is 0 Å². The van der Waals surface area contributed by atoms with Crippen LogP contribution in [-0.4, -0.2) is 140 Å². The molecule has 60 heavy (non-hydrogen) atoms. The SMILES string of the molecule is CC/C=C\C/C=C\C/C=C\C/C=C\C/C=C\CC(=O)NC(COC1OC(CO)C(OC2OC(CO)C(O)C(O)C2O)C(O)C1O)C(O)CCCCCCCCCCCCC. The third-order valence-corrected chi connectivity index (χ3v) is 10.8. The number of allylic oxidation sites excluding steroid dienone is 9. The second-order valence-electron chi connectivity index (χ2n) is 15.8. The van der Waals surface area contributed by atoms with E-state index in [1.165, 1.54) is 44.9 Å². The van der Waals surface area contributed by atoms with Crippen LogP contribution in [0.3, 0.4) is 0 Å². The lowest BCUT2D eigenvalue weighted by Gasteiger charge is -2.46. The van der Waals surface area contributed by atoms with Crippen LogP contribution < -0.4 is 5.32 Å². The number of unbranched alkanes of at least 4 members (excludes halogenated alkanes) is 10. The first-order chi connectivity index (χ1) is 29.1. The number of amides is 1.